The van der Waals surface area contributed by atoms with Crippen molar-refractivity contribution < 1.29 is 9.47 Å². The normalized spacial score (nSPS) is 35.0. The maximum atomic E-state index is 5.43. The van der Waals surface area contributed by atoms with E-state index in [4.69, 9.17) is 9.47 Å². The molecule has 0 spiro atoms. The Balaban J connectivity index is 1.79. The molecule has 0 N–H and O–H groups in total. The summed E-state index contributed by atoms with van der Waals surface area (Å²) < 4.78 is 10.9. The highest BCUT2D eigenvalue weighted by atomic mass is 16.7. The predicted octanol–water partition coefficient (Wildman–Crippen LogP) is 2.19. The molecule has 1 atom stereocenters. The van der Waals surface area contributed by atoms with Gasteiger partial charge >= 0.3 is 0 Å². The van der Waals surface area contributed by atoms with Gasteiger partial charge in [0.25, 0.3) is 0 Å². The molecule has 0 amide bonds. The molecule has 0 aromatic carbocycles. The van der Waals surface area contributed by atoms with Gasteiger partial charge in [0.05, 0.1) is 13.2 Å². The minimum absolute atomic E-state index is 0.106. The Bertz CT molecular complexity index is 159. The molecule has 12 heavy (non-hydrogen) atoms. The lowest BCUT2D eigenvalue weighted by atomic mass is 9.61. The molecule has 2 nitrogen and oxygen atoms in total. The molecule has 0 aromatic rings. The Hall–Kier alpha value is -0.0800. The molecule has 1 saturated heterocycles. The summed E-state index contributed by atoms with van der Waals surface area (Å²) >= 11 is 0. The Morgan fingerprint density at radius 3 is 2.33 bits per heavy atom. The highest BCUT2D eigenvalue weighted by Crippen LogP contribution is 2.48. The van der Waals surface area contributed by atoms with Gasteiger partial charge in [0.2, 0.25) is 0 Å². The van der Waals surface area contributed by atoms with Gasteiger partial charge in [-0.15, -0.1) is 0 Å². The molecule has 1 heterocycles. The van der Waals surface area contributed by atoms with Crippen LogP contribution in [0.15, 0.2) is 0 Å². The van der Waals surface area contributed by atoms with E-state index in [0.29, 0.717) is 5.41 Å². The van der Waals surface area contributed by atoms with Crippen molar-refractivity contribution in [2.24, 2.45) is 11.3 Å². The van der Waals surface area contributed by atoms with Crippen molar-refractivity contribution in [2.45, 2.75) is 39.4 Å². The zero-order valence-corrected chi connectivity index (χ0v) is 8.01. The van der Waals surface area contributed by atoms with E-state index >= 15 is 0 Å². The number of hydrogen-bond donors (Lipinski definition) is 0. The smallest absolute Gasteiger partial charge is 0.158 e. The molecule has 0 bridgehead atoms. The van der Waals surface area contributed by atoms with Gasteiger partial charge in [-0.25, -0.2) is 0 Å². The van der Waals surface area contributed by atoms with E-state index in [9.17, 15) is 0 Å². The van der Waals surface area contributed by atoms with Crippen LogP contribution in [0, 0.1) is 11.3 Å². The van der Waals surface area contributed by atoms with Gasteiger partial charge in [-0.05, 0) is 24.2 Å². The van der Waals surface area contributed by atoms with Gasteiger partial charge in [-0.1, -0.05) is 13.8 Å². The summed E-state index contributed by atoms with van der Waals surface area (Å²) in [6, 6.07) is 0. The molecule has 2 rings (SSSR count). The fourth-order valence-electron chi connectivity index (χ4n) is 2.14. The fraction of sp³-hybridized carbons (Fsp3) is 1.00. The summed E-state index contributed by atoms with van der Waals surface area (Å²) in [5.41, 5.74) is 0.537. The zero-order chi connectivity index (χ0) is 8.60. The van der Waals surface area contributed by atoms with Crippen molar-refractivity contribution in [1.82, 2.24) is 0 Å². The zero-order valence-electron chi connectivity index (χ0n) is 8.01. The van der Waals surface area contributed by atoms with E-state index in [-0.39, 0.29) is 6.29 Å². The number of ether oxygens (including phenoxy) is 2. The van der Waals surface area contributed by atoms with E-state index in [1.54, 1.807) is 0 Å². The summed E-state index contributed by atoms with van der Waals surface area (Å²) in [7, 11) is 0. The quantitative estimate of drug-likeness (QED) is 0.632. The van der Waals surface area contributed by atoms with Crippen LogP contribution in [0.1, 0.15) is 33.1 Å². The standard InChI is InChI=1S/C10H18O2/c1-10(2)4-3-8(10)7-9-11-5-6-12-9/h8-9H,3-7H2,1-2H3/t8-/m1/s1. The van der Waals surface area contributed by atoms with Crippen molar-refractivity contribution in [2.75, 3.05) is 13.2 Å². The van der Waals surface area contributed by atoms with Crippen LogP contribution in [0.2, 0.25) is 0 Å². The molecule has 0 unspecified atom stereocenters. The van der Waals surface area contributed by atoms with Crippen LogP contribution in [-0.4, -0.2) is 19.5 Å². The molecule has 0 aromatic heterocycles. The minimum atomic E-state index is 0.106. The van der Waals surface area contributed by atoms with Crippen molar-refractivity contribution in [3.05, 3.63) is 0 Å². The summed E-state index contributed by atoms with van der Waals surface area (Å²) in [5.74, 6) is 0.820. The molecule has 0 radical (unpaired) electrons. The van der Waals surface area contributed by atoms with Gasteiger partial charge in [0.1, 0.15) is 0 Å². The second-order valence-corrected chi connectivity index (χ2v) is 4.63. The van der Waals surface area contributed by atoms with E-state index in [2.05, 4.69) is 13.8 Å². The van der Waals surface area contributed by atoms with E-state index < -0.39 is 0 Å². The van der Waals surface area contributed by atoms with Gasteiger partial charge in [0, 0.05) is 6.42 Å². The molecule has 2 aliphatic rings. The van der Waals surface area contributed by atoms with Gasteiger partial charge in [-0.2, -0.15) is 0 Å². The summed E-state index contributed by atoms with van der Waals surface area (Å²) in [6.45, 7) is 6.27. The molecule has 1 saturated carbocycles. The van der Waals surface area contributed by atoms with Crippen LogP contribution in [0.25, 0.3) is 0 Å². The third kappa shape index (κ3) is 1.50. The third-order valence-corrected chi connectivity index (χ3v) is 3.41. The van der Waals surface area contributed by atoms with Crippen LogP contribution in [0.3, 0.4) is 0 Å². The number of hydrogen-bond acceptors (Lipinski definition) is 2. The van der Waals surface area contributed by atoms with Crippen LogP contribution in [-0.2, 0) is 9.47 Å². The average Bonchev–Trinajstić information content (AvgIpc) is 2.50. The van der Waals surface area contributed by atoms with E-state index in [1.165, 1.54) is 12.8 Å². The molecule has 2 heteroatoms. The first-order valence-electron chi connectivity index (χ1n) is 4.92. The topological polar surface area (TPSA) is 18.5 Å². The average molecular weight is 170 g/mol. The summed E-state index contributed by atoms with van der Waals surface area (Å²) in [4.78, 5) is 0. The molecule has 1 aliphatic carbocycles. The Labute approximate surface area is 74.2 Å². The molecule has 2 fully saturated rings. The SMILES string of the molecule is CC1(C)CC[C@@H]1CC1OCCO1. The minimum Gasteiger partial charge on any atom is -0.350 e. The molecular weight excluding hydrogens is 152 g/mol. The maximum Gasteiger partial charge on any atom is 0.158 e. The van der Waals surface area contributed by atoms with Crippen LogP contribution < -0.4 is 0 Å². The predicted molar refractivity (Wildman–Crippen MR) is 46.8 cm³/mol. The Kier molecular flexibility index (Phi) is 2.13. The van der Waals surface area contributed by atoms with Gasteiger partial charge < -0.3 is 9.47 Å². The van der Waals surface area contributed by atoms with Crippen LogP contribution in [0.4, 0.5) is 0 Å². The van der Waals surface area contributed by atoms with Gasteiger partial charge in [-0.3, -0.25) is 0 Å². The van der Waals surface area contributed by atoms with Crippen molar-refractivity contribution in [3.63, 3.8) is 0 Å². The lowest BCUT2D eigenvalue weighted by molar-refractivity contribution is -0.0870. The second kappa shape index (κ2) is 3.00. The largest absolute Gasteiger partial charge is 0.350 e. The van der Waals surface area contributed by atoms with Gasteiger partial charge in [0.15, 0.2) is 6.29 Å². The first kappa shape index (κ1) is 8.52. The highest BCUT2D eigenvalue weighted by molar-refractivity contribution is 4.89. The molecular formula is C10H18O2. The van der Waals surface area contributed by atoms with Crippen molar-refractivity contribution >= 4 is 0 Å². The molecule has 1 aliphatic heterocycles. The van der Waals surface area contributed by atoms with E-state index in [0.717, 1.165) is 25.6 Å². The lowest BCUT2D eigenvalue weighted by Gasteiger charge is -2.45. The van der Waals surface area contributed by atoms with E-state index in [1.807, 2.05) is 0 Å². The van der Waals surface area contributed by atoms with Crippen molar-refractivity contribution in [1.29, 1.82) is 0 Å². The Morgan fingerprint density at radius 1 is 1.25 bits per heavy atom. The summed E-state index contributed by atoms with van der Waals surface area (Å²) in [6.07, 6.45) is 3.93. The third-order valence-electron chi connectivity index (χ3n) is 3.41. The number of rotatable bonds is 2. The monoisotopic (exact) mass is 170 g/mol. The fourth-order valence-corrected chi connectivity index (χ4v) is 2.14. The molecule has 70 valence electrons. The highest BCUT2D eigenvalue weighted by Gasteiger charge is 2.40. The first-order valence-corrected chi connectivity index (χ1v) is 4.92. The van der Waals surface area contributed by atoms with Crippen LogP contribution in [0.5, 0.6) is 0 Å². The Morgan fingerprint density at radius 2 is 1.92 bits per heavy atom. The lowest BCUT2D eigenvalue weighted by Crippen LogP contribution is -2.37. The maximum absolute atomic E-state index is 5.43. The first-order chi connectivity index (χ1) is 5.68. The second-order valence-electron chi connectivity index (χ2n) is 4.63. The van der Waals surface area contributed by atoms with Crippen LogP contribution >= 0.6 is 0 Å². The van der Waals surface area contributed by atoms with Crippen molar-refractivity contribution in [3.8, 4) is 0 Å². The summed E-state index contributed by atoms with van der Waals surface area (Å²) in [5, 5.41) is 0.